The van der Waals surface area contributed by atoms with Crippen LogP contribution in [0.5, 0.6) is 5.75 Å². The molecule has 2 nitrogen and oxygen atoms in total. The third-order valence-corrected chi connectivity index (χ3v) is 2.46. The average molecular weight is 207 g/mol. The van der Waals surface area contributed by atoms with Gasteiger partial charge in [0.1, 0.15) is 5.75 Å². The molecule has 0 heterocycles. The van der Waals surface area contributed by atoms with Crippen LogP contribution >= 0.6 is 0 Å². The van der Waals surface area contributed by atoms with Crippen molar-refractivity contribution in [3.63, 3.8) is 0 Å². The van der Waals surface area contributed by atoms with Crippen molar-refractivity contribution in [1.29, 1.82) is 0 Å². The predicted molar refractivity (Wildman–Crippen MR) is 64.3 cm³/mol. The van der Waals surface area contributed by atoms with E-state index in [1.165, 1.54) is 5.56 Å². The summed E-state index contributed by atoms with van der Waals surface area (Å²) in [6.45, 7) is 8.69. The zero-order valence-corrected chi connectivity index (χ0v) is 10.3. The fourth-order valence-corrected chi connectivity index (χ4v) is 1.81. The van der Waals surface area contributed by atoms with Crippen molar-refractivity contribution in [1.82, 2.24) is 5.32 Å². The van der Waals surface area contributed by atoms with E-state index in [2.05, 4.69) is 45.1 Å². The Hall–Kier alpha value is -1.02. The van der Waals surface area contributed by atoms with Gasteiger partial charge in [0.05, 0.1) is 7.11 Å². The van der Waals surface area contributed by atoms with Crippen LogP contribution < -0.4 is 10.1 Å². The SMILES string of the molecule is COc1ccc(C(C)(C)NC(C)C)cc1. The maximum absolute atomic E-state index is 5.14. The number of methoxy groups -OCH3 is 1. The molecule has 0 radical (unpaired) electrons. The van der Waals surface area contributed by atoms with E-state index in [9.17, 15) is 0 Å². The first-order valence-electron chi connectivity index (χ1n) is 5.38. The van der Waals surface area contributed by atoms with Gasteiger partial charge in [-0.3, -0.25) is 0 Å². The number of benzene rings is 1. The number of rotatable bonds is 4. The Morgan fingerprint density at radius 2 is 1.67 bits per heavy atom. The van der Waals surface area contributed by atoms with E-state index in [0.29, 0.717) is 6.04 Å². The molecule has 0 aliphatic rings. The summed E-state index contributed by atoms with van der Waals surface area (Å²) in [6, 6.07) is 8.68. The molecule has 0 saturated carbocycles. The molecule has 0 atom stereocenters. The molecule has 1 N–H and O–H groups in total. The Kier molecular flexibility index (Phi) is 3.75. The van der Waals surface area contributed by atoms with Gasteiger partial charge in [0.2, 0.25) is 0 Å². The maximum Gasteiger partial charge on any atom is 0.118 e. The fourth-order valence-electron chi connectivity index (χ4n) is 1.81. The topological polar surface area (TPSA) is 21.3 Å². The molecule has 15 heavy (non-hydrogen) atoms. The number of hydrogen-bond acceptors (Lipinski definition) is 2. The second-order valence-corrected chi connectivity index (χ2v) is 4.65. The minimum atomic E-state index is 0.000435. The summed E-state index contributed by atoms with van der Waals surface area (Å²) in [5, 5.41) is 3.53. The van der Waals surface area contributed by atoms with Crippen LogP contribution in [0.15, 0.2) is 24.3 Å². The van der Waals surface area contributed by atoms with E-state index >= 15 is 0 Å². The van der Waals surface area contributed by atoms with Gasteiger partial charge in [0.15, 0.2) is 0 Å². The Morgan fingerprint density at radius 3 is 2.07 bits per heavy atom. The summed E-state index contributed by atoms with van der Waals surface area (Å²) in [5.41, 5.74) is 1.28. The highest BCUT2D eigenvalue weighted by molar-refractivity contribution is 5.31. The molecule has 0 amide bonds. The molecule has 0 aliphatic heterocycles. The van der Waals surface area contributed by atoms with E-state index in [4.69, 9.17) is 4.74 Å². The highest BCUT2D eigenvalue weighted by Gasteiger charge is 2.20. The lowest BCUT2D eigenvalue weighted by Crippen LogP contribution is -2.40. The van der Waals surface area contributed by atoms with Crippen molar-refractivity contribution in [2.24, 2.45) is 0 Å². The molecule has 0 aliphatic carbocycles. The van der Waals surface area contributed by atoms with Crippen molar-refractivity contribution in [3.05, 3.63) is 29.8 Å². The van der Waals surface area contributed by atoms with Crippen LogP contribution in [0.1, 0.15) is 33.3 Å². The number of hydrogen-bond donors (Lipinski definition) is 1. The van der Waals surface area contributed by atoms with Crippen LogP contribution in [0, 0.1) is 0 Å². The lowest BCUT2D eigenvalue weighted by atomic mass is 9.93. The van der Waals surface area contributed by atoms with E-state index in [1.807, 2.05) is 12.1 Å². The van der Waals surface area contributed by atoms with E-state index in [0.717, 1.165) is 5.75 Å². The van der Waals surface area contributed by atoms with Gasteiger partial charge in [0.25, 0.3) is 0 Å². The first kappa shape index (κ1) is 12.1. The van der Waals surface area contributed by atoms with Gasteiger partial charge in [0, 0.05) is 11.6 Å². The Bertz CT molecular complexity index is 301. The predicted octanol–water partition coefficient (Wildman–Crippen LogP) is 2.93. The molecule has 1 aromatic carbocycles. The molecule has 0 aromatic heterocycles. The Balaban J connectivity index is 2.85. The van der Waals surface area contributed by atoms with Crippen LogP contribution in [0.25, 0.3) is 0 Å². The molecule has 0 bridgehead atoms. The zero-order valence-electron chi connectivity index (χ0n) is 10.3. The molecule has 84 valence electrons. The van der Waals surface area contributed by atoms with Crippen LogP contribution in [0.2, 0.25) is 0 Å². The summed E-state index contributed by atoms with van der Waals surface area (Å²) < 4.78 is 5.14. The third-order valence-electron chi connectivity index (χ3n) is 2.46. The number of ether oxygens (including phenoxy) is 1. The van der Waals surface area contributed by atoms with Crippen LogP contribution in [0.4, 0.5) is 0 Å². The summed E-state index contributed by atoms with van der Waals surface area (Å²) in [4.78, 5) is 0. The number of nitrogens with one attached hydrogen (secondary N) is 1. The highest BCUT2D eigenvalue weighted by Crippen LogP contribution is 2.23. The monoisotopic (exact) mass is 207 g/mol. The van der Waals surface area contributed by atoms with Gasteiger partial charge in [-0.1, -0.05) is 26.0 Å². The molecular formula is C13H21NO. The molecule has 2 heteroatoms. The van der Waals surface area contributed by atoms with E-state index in [1.54, 1.807) is 7.11 Å². The highest BCUT2D eigenvalue weighted by atomic mass is 16.5. The van der Waals surface area contributed by atoms with Gasteiger partial charge in [-0.15, -0.1) is 0 Å². The smallest absolute Gasteiger partial charge is 0.118 e. The first-order valence-corrected chi connectivity index (χ1v) is 5.38. The van der Waals surface area contributed by atoms with Crippen molar-refractivity contribution in [2.45, 2.75) is 39.3 Å². The average Bonchev–Trinajstić information content (AvgIpc) is 2.16. The molecule has 0 saturated heterocycles. The zero-order chi connectivity index (χ0) is 11.5. The minimum Gasteiger partial charge on any atom is -0.497 e. The van der Waals surface area contributed by atoms with Crippen molar-refractivity contribution < 1.29 is 4.74 Å². The van der Waals surface area contributed by atoms with Gasteiger partial charge in [-0.2, -0.15) is 0 Å². The summed E-state index contributed by atoms with van der Waals surface area (Å²) in [5.74, 6) is 0.902. The first-order chi connectivity index (χ1) is 6.95. The Labute approximate surface area is 92.6 Å². The normalized spacial score (nSPS) is 11.9. The van der Waals surface area contributed by atoms with Crippen LogP contribution in [-0.2, 0) is 5.54 Å². The van der Waals surface area contributed by atoms with Gasteiger partial charge >= 0.3 is 0 Å². The quantitative estimate of drug-likeness (QED) is 0.819. The molecule has 1 aromatic rings. The summed E-state index contributed by atoms with van der Waals surface area (Å²) in [6.07, 6.45) is 0. The second-order valence-electron chi connectivity index (χ2n) is 4.65. The fraction of sp³-hybridized carbons (Fsp3) is 0.538. The van der Waals surface area contributed by atoms with Crippen LogP contribution in [0.3, 0.4) is 0 Å². The standard InChI is InChI=1S/C13H21NO/c1-10(2)14-13(3,4)11-6-8-12(15-5)9-7-11/h6-10,14H,1-5H3. The van der Waals surface area contributed by atoms with Gasteiger partial charge in [-0.25, -0.2) is 0 Å². The minimum absolute atomic E-state index is 0.000435. The van der Waals surface area contributed by atoms with Crippen molar-refractivity contribution in [3.8, 4) is 5.75 Å². The summed E-state index contributed by atoms with van der Waals surface area (Å²) >= 11 is 0. The molecule has 0 fully saturated rings. The van der Waals surface area contributed by atoms with Crippen molar-refractivity contribution >= 4 is 0 Å². The van der Waals surface area contributed by atoms with Gasteiger partial charge in [-0.05, 0) is 31.5 Å². The van der Waals surface area contributed by atoms with E-state index in [-0.39, 0.29) is 5.54 Å². The van der Waals surface area contributed by atoms with Gasteiger partial charge < -0.3 is 10.1 Å². The molecule has 1 rings (SSSR count). The third kappa shape index (κ3) is 3.24. The lowest BCUT2D eigenvalue weighted by molar-refractivity contribution is 0.364. The van der Waals surface area contributed by atoms with Crippen molar-refractivity contribution in [2.75, 3.05) is 7.11 Å². The Morgan fingerprint density at radius 1 is 1.13 bits per heavy atom. The summed E-state index contributed by atoms with van der Waals surface area (Å²) in [7, 11) is 1.69. The molecular weight excluding hydrogens is 186 g/mol. The molecule has 0 unspecified atom stereocenters. The van der Waals surface area contributed by atoms with E-state index < -0.39 is 0 Å². The maximum atomic E-state index is 5.14. The lowest BCUT2D eigenvalue weighted by Gasteiger charge is -2.29. The van der Waals surface area contributed by atoms with Crippen LogP contribution in [-0.4, -0.2) is 13.2 Å². The second kappa shape index (κ2) is 4.67. The largest absolute Gasteiger partial charge is 0.497 e. The molecule has 0 spiro atoms.